The van der Waals surface area contributed by atoms with Crippen LogP contribution in [0.25, 0.3) is 0 Å². The third-order valence-corrected chi connectivity index (χ3v) is 6.53. The van der Waals surface area contributed by atoms with Crippen molar-refractivity contribution in [2.24, 2.45) is 11.8 Å². The lowest BCUT2D eigenvalue weighted by molar-refractivity contribution is -0.151. The highest BCUT2D eigenvalue weighted by Gasteiger charge is 2.42. The Morgan fingerprint density at radius 3 is 2.62 bits per heavy atom. The molecule has 2 heterocycles. The second-order valence-corrected chi connectivity index (χ2v) is 7.93. The Balaban J connectivity index is 1.70. The SMILES string of the molecule is CC1C(=O)NC(C2CCCCC2)C(=O)N1CC1CCSC1. The third-order valence-electron chi connectivity index (χ3n) is 5.29. The van der Waals surface area contributed by atoms with E-state index in [0.29, 0.717) is 11.8 Å². The second-order valence-electron chi connectivity index (χ2n) is 6.78. The number of thioether (sulfide) groups is 1. The predicted octanol–water partition coefficient (Wildman–Crippen LogP) is 2.04. The van der Waals surface area contributed by atoms with Gasteiger partial charge in [0, 0.05) is 6.54 Å². The first kappa shape index (κ1) is 15.2. The van der Waals surface area contributed by atoms with E-state index in [1.807, 2.05) is 23.6 Å². The van der Waals surface area contributed by atoms with E-state index in [4.69, 9.17) is 0 Å². The van der Waals surface area contributed by atoms with Crippen molar-refractivity contribution < 1.29 is 9.59 Å². The largest absolute Gasteiger partial charge is 0.342 e. The van der Waals surface area contributed by atoms with Crippen molar-refractivity contribution in [3.63, 3.8) is 0 Å². The molecule has 0 aromatic heterocycles. The fourth-order valence-electron chi connectivity index (χ4n) is 3.89. The van der Waals surface area contributed by atoms with Crippen molar-refractivity contribution in [2.75, 3.05) is 18.1 Å². The molecule has 1 N–H and O–H groups in total. The van der Waals surface area contributed by atoms with Crippen LogP contribution in [-0.4, -0.2) is 46.8 Å². The Morgan fingerprint density at radius 1 is 1.19 bits per heavy atom. The monoisotopic (exact) mass is 310 g/mol. The number of piperazine rings is 1. The van der Waals surface area contributed by atoms with Gasteiger partial charge in [0.05, 0.1) is 0 Å². The van der Waals surface area contributed by atoms with Gasteiger partial charge in [0.1, 0.15) is 12.1 Å². The molecule has 0 radical (unpaired) electrons. The Bertz CT molecular complexity index is 403. The van der Waals surface area contributed by atoms with Crippen molar-refractivity contribution in [1.82, 2.24) is 10.2 Å². The molecule has 4 nitrogen and oxygen atoms in total. The molecule has 21 heavy (non-hydrogen) atoms. The maximum Gasteiger partial charge on any atom is 0.246 e. The van der Waals surface area contributed by atoms with Crippen LogP contribution >= 0.6 is 11.8 Å². The maximum absolute atomic E-state index is 12.9. The van der Waals surface area contributed by atoms with Crippen molar-refractivity contribution in [3.05, 3.63) is 0 Å². The molecule has 3 aliphatic rings. The van der Waals surface area contributed by atoms with E-state index in [1.165, 1.54) is 31.4 Å². The fourth-order valence-corrected chi connectivity index (χ4v) is 5.16. The highest BCUT2D eigenvalue weighted by molar-refractivity contribution is 7.99. The van der Waals surface area contributed by atoms with Crippen LogP contribution in [0, 0.1) is 11.8 Å². The Hall–Kier alpha value is -0.710. The number of rotatable bonds is 3. The van der Waals surface area contributed by atoms with Gasteiger partial charge < -0.3 is 10.2 Å². The molecule has 2 amide bonds. The molecule has 3 rings (SSSR count). The topological polar surface area (TPSA) is 49.4 Å². The van der Waals surface area contributed by atoms with Crippen LogP contribution in [0.15, 0.2) is 0 Å². The summed E-state index contributed by atoms with van der Waals surface area (Å²) in [6, 6.07) is -0.564. The zero-order chi connectivity index (χ0) is 14.8. The molecule has 0 aromatic rings. The fraction of sp³-hybridized carbons (Fsp3) is 0.875. The van der Waals surface area contributed by atoms with E-state index in [1.54, 1.807) is 0 Å². The molecule has 1 saturated carbocycles. The number of hydrogen-bond donors (Lipinski definition) is 1. The van der Waals surface area contributed by atoms with Crippen LogP contribution < -0.4 is 5.32 Å². The minimum Gasteiger partial charge on any atom is -0.342 e. The Kier molecular flexibility index (Phi) is 4.77. The molecular weight excluding hydrogens is 284 g/mol. The van der Waals surface area contributed by atoms with E-state index >= 15 is 0 Å². The van der Waals surface area contributed by atoms with E-state index in [2.05, 4.69) is 5.32 Å². The van der Waals surface area contributed by atoms with Crippen molar-refractivity contribution >= 4 is 23.6 Å². The number of carbonyl (C=O) groups is 2. The summed E-state index contributed by atoms with van der Waals surface area (Å²) >= 11 is 1.96. The van der Waals surface area contributed by atoms with Gasteiger partial charge in [-0.1, -0.05) is 19.3 Å². The van der Waals surface area contributed by atoms with Gasteiger partial charge in [-0.05, 0) is 49.5 Å². The maximum atomic E-state index is 12.9. The first-order chi connectivity index (χ1) is 10.2. The summed E-state index contributed by atoms with van der Waals surface area (Å²) < 4.78 is 0. The Labute approximate surface area is 131 Å². The van der Waals surface area contributed by atoms with Gasteiger partial charge in [0.25, 0.3) is 0 Å². The number of nitrogens with zero attached hydrogens (tertiary/aromatic N) is 1. The molecule has 0 spiro atoms. The number of nitrogens with one attached hydrogen (secondary N) is 1. The third kappa shape index (κ3) is 3.22. The molecule has 2 saturated heterocycles. The number of carbonyl (C=O) groups excluding carboxylic acids is 2. The van der Waals surface area contributed by atoms with E-state index in [0.717, 1.165) is 25.1 Å². The molecule has 0 bridgehead atoms. The summed E-state index contributed by atoms with van der Waals surface area (Å²) in [5.41, 5.74) is 0. The molecule has 5 heteroatoms. The molecule has 118 valence electrons. The molecule has 3 fully saturated rings. The van der Waals surface area contributed by atoms with E-state index in [9.17, 15) is 9.59 Å². The molecule has 2 aliphatic heterocycles. The average Bonchev–Trinajstić information content (AvgIpc) is 3.01. The summed E-state index contributed by atoms with van der Waals surface area (Å²) in [6.07, 6.45) is 7.00. The van der Waals surface area contributed by atoms with Gasteiger partial charge in [0.2, 0.25) is 11.8 Å². The van der Waals surface area contributed by atoms with Gasteiger partial charge in [-0.2, -0.15) is 11.8 Å². The molecular formula is C16H26N2O2S. The standard InChI is InChI=1S/C16H26N2O2S/c1-11-15(19)17-14(13-5-3-2-4-6-13)16(20)18(11)9-12-7-8-21-10-12/h11-14H,2-10H2,1H3,(H,17,19). The molecule has 3 unspecified atom stereocenters. The van der Waals surface area contributed by atoms with Crippen molar-refractivity contribution in [2.45, 2.75) is 57.5 Å². The van der Waals surface area contributed by atoms with Gasteiger partial charge >= 0.3 is 0 Å². The minimum absolute atomic E-state index is 0.0378. The van der Waals surface area contributed by atoms with Crippen LogP contribution in [0.2, 0.25) is 0 Å². The average molecular weight is 310 g/mol. The summed E-state index contributed by atoms with van der Waals surface area (Å²) in [5, 5.41) is 3.01. The summed E-state index contributed by atoms with van der Waals surface area (Å²) in [6.45, 7) is 2.63. The van der Waals surface area contributed by atoms with Gasteiger partial charge in [-0.3, -0.25) is 9.59 Å². The zero-order valence-electron chi connectivity index (χ0n) is 12.8. The quantitative estimate of drug-likeness (QED) is 0.868. The molecule has 3 atom stereocenters. The lowest BCUT2D eigenvalue weighted by Crippen LogP contribution is -2.65. The lowest BCUT2D eigenvalue weighted by atomic mass is 9.82. The van der Waals surface area contributed by atoms with Crippen LogP contribution in [0.3, 0.4) is 0 Å². The van der Waals surface area contributed by atoms with Crippen LogP contribution in [0.1, 0.15) is 45.4 Å². The van der Waals surface area contributed by atoms with Gasteiger partial charge in [0.15, 0.2) is 0 Å². The van der Waals surface area contributed by atoms with Crippen LogP contribution in [0.4, 0.5) is 0 Å². The van der Waals surface area contributed by atoms with Crippen LogP contribution in [-0.2, 0) is 9.59 Å². The minimum atomic E-state index is -0.303. The molecule has 1 aliphatic carbocycles. The highest BCUT2D eigenvalue weighted by atomic mass is 32.2. The first-order valence-electron chi connectivity index (χ1n) is 8.35. The Morgan fingerprint density at radius 2 is 1.95 bits per heavy atom. The predicted molar refractivity (Wildman–Crippen MR) is 85.1 cm³/mol. The highest BCUT2D eigenvalue weighted by Crippen LogP contribution is 2.31. The summed E-state index contributed by atoms with van der Waals surface area (Å²) in [7, 11) is 0. The first-order valence-corrected chi connectivity index (χ1v) is 9.51. The van der Waals surface area contributed by atoms with Gasteiger partial charge in [-0.25, -0.2) is 0 Å². The zero-order valence-corrected chi connectivity index (χ0v) is 13.7. The lowest BCUT2D eigenvalue weighted by Gasteiger charge is -2.42. The molecule has 0 aromatic carbocycles. The van der Waals surface area contributed by atoms with Crippen molar-refractivity contribution in [1.29, 1.82) is 0 Å². The number of hydrogen-bond acceptors (Lipinski definition) is 3. The van der Waals surface area contributed by atoms with Gasteiger partial charge in [-0.15, -0.1) is 0 Å². The summed E-state index contributed by atoms with van der Waals surface area (Å²) in [5.74, 6) is 3.45. The van der Waals surface area contributed by atoms with E-state index < -0.39 is 0 Å². The number of amides is 2. The van der Waals surface area contributed by atoms with Crippen molar-refractivity contribution in [3.8, 4) is 0 Å². The smallest absolute Gasteiger partial charge is 0.246 e. The summed E-state index contributed by atoms with van der Waals surface area (Å²) in [4.78, 5) is 27.0. The second kappa shape index (κ2) is 6.59. The normalized spacial score (nSPS) is 35.1. The van der Waals surface area contributed by atoms with Crippen LogP contribution in [0.5, 0.6) is 0 Å². The van der Waals surface area contributed by atoms with E-state index in [-0.39, 0.29) is 23.9 Å².